The normalized spacial score (nSPS) is 18.1. The highest BCUT2D eigenvalue weighted by atomic mass is 32.1. The Hall–Kier alpha value is 0.487. The SMILES string of the molecule is [2H][Si](C)(OC)OCCCCS. The highest BCUT2D eigenvalue weighted by molar-refractivity contribution is 7.80. The van der Waals surface area contributed by atoms with Gasteiger partial charge in [0, 0.05) is 13.7 Å². The van der Waals surface area contributed by atoms with Gasteiger partial charge in [-0.1, -0.05) is 0 Å². The average Bonchev–Trinajstić information content (AvgIpc) is 1.99. The Morgan fingerprint density at radius 1 is 1.60 bits per heavy atom. The van der Waals surface area contributed by atoms with Crippen LogP contribution >= 0.6 is 12.6 Å². The molecule has 0 aromatic heterocycles. The third-order valence-electron chi connectivity index (χ3n) is 1.15. The predicted molar refractivity (Wildman–Crippen MR) is 49.1 cm³/mol. The lowest BCUT2D eigenvalue weighted by Crippen LogP contribution is -2.16. The van der Waals surface area contributed by atoms with Gasteiger partial charge in [0.1, 0.15) is 0 Å². The van der Waals surface area contributed by atoms with Gasteiger partial charge in [0.2, 0.25) is 0 Å². The van der Waals surface area contributed by atoms with Gasteiger partial charge in [-0.15, -0.1) is 0 Å². The van der Waals surface area contributed by atoms with Crippen LogP contribution in [0.5, 0.6) is 0 Å². The molecule has 0 aliphatic rings. The van der Waals surface area contributed by atoms with Crippen LogP contribution < -0.4 is 0 Å². The first kappa shape index (κ1) is 8.58. The molecule has 0 spiro atoms. The van der Waals surface area contributed by atoms with Gasteiger partial charge < -0.3 is 8.85 Å². The van der Waals surface area contributed by atoms with Crippen molar-refractivity contribution < 1.29 is 8.85 Å². The second kappa shape index (κ2) is 7.59. The van der Waals surface area contributed by atoms with Crippen LogP contribution in [0.3, 0.4) is 0 Å². The summed E-state index contributed by atoms with van der Waals surface area (Å²) in [7, 11) is -0.977. The maximum atomic E-state index is 7.49. The Morgan fingerprint density at radius 3 is 2.80 bits per heavy atom. The van der Waals surface area contributed by atoms with Crippen molar-refractivity contribution in [2.24, 2.45) is 0 Å². The van der Waals surface area contributed by atoms with Crippen molar-refractivity contribution >= 4 is 21.8 Å². The zero-order valence-corrected chi connectivity index (χ0v) is 8.49. The molecule has 0 amide bonds. The van der Waals surface area contributed by atoms with Gasteiger partial charge in [0.05, 0.1) is 1.23 Å². The quantitative estimate of drug-likeness (QED) is 0.377. The number of unbranched alkanes of at least 4 members (excludes halogenated alkanes) is 1. The highest BCUT2D eigenvalue weighted by Gasteiger charge is 2.00. The molecular formula is C6H16O2SSi. The summed E-state index contributed by atoms with van der Waals surface area (Å²) in [5, 5.41) is 0. The molecule has 10 heavy (non-hydrogen) atoms. The molecule has 0 rings (SSSR count). The fraction of sp³-hybridized carbons (Fsp3) is 1.00. The van der Waals surface area contributed by atoms with Crippen LogP contribution in [0.25, 0.3) is 0 Å². The number of hydrogen-bond donors (Lipinski definition) is 1. The fourth-order valence-electron chi connectivity index (χ4n) is 0.489. The van der Waals surface area contributed by atoms with Crippen molar-refractivity contribution in [3.63, 3.8) is 0 Å². The van der Waals surface area contributed by atoms with Crippen LogP contribution in [0, 0.1) is 0 Å². The highest BCUT2D eigenvalue weighted by Crippen LogP contribution is 1.94. The molecule has 0 aliphatic carbocycles. The van der Waals surface area contributed by atoms with E-state index in [1.54, 1.807) is 6.55 Å². The van der Waals surface area contributed by atoms with Crippen molar-refractivity contribution in [2.75, 3.05) is 19.5 Å². The third-order valence-corrected chi connectivity index (χ3v) is 2.65. The van der Waals surface area contributed by atoms with Crippen LogP contribution in [0.2, 0.25) is 6.55 Å². The summed E-state index contributed by atoms with van der Waals surface area (Å²) in [5.74, 6) is 0.882. The summed E-state index contributed by atoms with van der Waals surface area (Å²) in [6, 6.07) is 0. The van der Waals surface area contributed by atoms with E-state index in [1.807, 2.05) is 0 Å². The van der Waals surface area contributed by atoms with Crippen LogP contribution in [-0.4, -0.2) is 29.9 Å². The standard InChI is InChI=1S/C6H16O2SSi/c1-7-10(2)8-5-3-4-6-9/h9-10H,3-6H2,1-2H3/i10D. The smallest absolute Gasteiger partial charge is 0.317 e. The fourth-order valence-corrected chi connectivity index (χ4v) is 1.26. The summed E-state index contributed by atoms with van der Waals surface area (Å²) in [4.78, 5) is 0. The van der Waals surface area contributed by atoms with E-state index in [9.17, 15) is 0 Å². The Labute approximate surface area is 71.4 Å². The minimum atomic E-state index is -2.50. The first-order valence-electron chi connectivity index (χ1n) is 3.92. The summed E-state index contributed by atoms with van der Waals surface area (Å²) < 4.78 is 17.6. The maximum absolute atomic E-state index is 7.49. The van der Waals surface area contributed by atoms with Crippen molar-refractivity contribution in [3.05, 3.63) is 0 Å². The molecule has 0 heterocycles. The Balaban J connectivity index is 3.23. The van der Waals surface area contributed by atoms with E-state index >= 15 is 0 Å². The lowest BCUT2D eigenvalue weighted by Gasteiger charge is -2.07. The van der Waals surface area contributed by atoms with Crippen molar-refractivity contribution in [1.29, 1.82) is 1.23 Å². The Morgan fingerprint density at radius 2 is 2.30 bits per heavy atom. The van der Waals surface area contributed by atoms with E-state index < -0.39 is 9.22 Å². The summed E-state index contributed by atoms with van der Waals surface area (Å²) in [6.45, 7) is 2.34. The first-order chi connectivity index (χ1) is 5.12. The monoisotopic (exact) mass is 181 g/mol. The molecule has 0 saturated carbocycles. The van der Waals surface area contributed by atoms with Gasteiger partial charge in [-0.2, -0.15) is 12.6 Å². The minimum absolute atomic E-state index is 0.626. The molecule has 0 aromatic rings. The summed E-state index contributed by atoms with van der Waals surface area (Å²) >= 11 is 4.07. The van der Waals surface area contributed by atoms with Gasteiger partial charge in [-0.3, -0.25) is 0 Å². The van der Waals surface area contributed by atoms with Crippen LogP contribution in [0.15, 0.2) is 0 Å². The zero-order chi connectivity index (χ0) is 8.74. The zero-order valence-electron chi connectivity index (χ0n) is 7.59. The van der Waals surface area contributed by atoms with E-state index in [4.69, 9.17) is 10.1 Å². The van der Waals surface area contributed by atoms with Gasteiger partial charge in [0.25, 0.3) is 0 Å². The molecule has 0 N–H and O–H groups in total. The molecule has 0 aromatic carbocycles. The number of rotatable bonds is 6. The van der Waals surface area contributed by atoms with Gasteiger partial charge in [0.15, 0.2) is 0 Å². The molecule has 62 valence electrons. The van der Waals surface area contributed by atoms with Gasteiger partial charge >= 0.3 is 9.22 Å². The van der Waals surface area contributed by atoms with E-state index in [2.05, 4.69) is 12.6 Å². The number of hydrogen-bond acceptors (Lipinski definition) is 3. The molecule has 0 radical (unpaired) electrons. The lowest BCUT2D eigenvalue weighted by atomic mass is 10.4. The van der Waals surface area contributed by atoms with E-state index in [0.29, 0.717) is 6.61 Å². The lowest BCUT2D eigenvalue weighted by molar-refractivity contribution is 0.231. The molecule has 2 nitrogen and oxygen atoms in total. The Bertz CT molecular complexity index is 103. The first-order valence-corrected chi connectivity index (χ1v) is 5.87. The molecular weight excluding hydrogens is 164 g/mol. The summed E-state index contributed by atoms with van der Waals surface area (Å²) in [5.41, 5.74) is 0. The topological polar surface area (TPSA) is 18.5 Å². The van der Waals surface area contributed by atoms with E-state index in [-0.39, 0.29) is 0 Å². The van der Waals surface area contributed by atoms with Crippen LogP contribution in [0.4, 0.5) is 0 Å². The molecule has 1 unspecified atom stereocenters. The maximum Gasteiger partial charge on any atom is 0.317 e. The largest absolute Gasteiger partial charge is 0.400 e. The van der Waals surface area contributed by atoms with Crippen molar-refractivity contribution in [2.45, 2.75) is 19.4 Å². The van der Waals surface area contributed by atoms with Crippen molar-refractivity contribution in [3.8, 4) is 0 Å². The van der Waals surface area contributed by atoms with E-state index in [0.717, 1.165) is 18.6 Å². The van der Waals surface area contributed by atoms with Crippen LogP contribution in [0.1, 0.15) is 12.8 Å². The minimum Gasteiger partial charge on any atom is -0.400 e. The van der Waals surface area contributed by atoms with Gasteiger partial charge in [-0.25, -0.2) is 0 Å². The summed E-state index contributed by atoms with van der Waals surface area (Å²) in [6.07, 6.45) is 2.01. The molecule has 4 heteroatoms. The second-order valence-electron chi connectivity index (χ2n) is 1.97. The average molecular weight is 181 g/mol. The molecule has 0 aliphatic heterocycles. The van der Waals surface area contributed by atoms with Crippen molar-refractivity contribution in [1.82, 2.24) is 0 Å². The van der Waals surface area contributed by atoms with E-state index in [1.165, 1.54) is 7.11 Å². The van der Waals surface area contributed by atoms with Crippen LogP contribution in [-0.2, 0) is 8.85 Å². The molecule has 0 bridgehead atoms. The number of thiol groups is 1. The third kappa shape index (κ3) is 6.60. The van der Waals surface area contributed by atoms with Gasteiger partial charge in [-0.05, 0) is 25.1 Å². The second-order valence-corrected chi connectivity index (χ2v) is 4.10. The Kier molecular flexibility index (Phi) is 6.52. The molecule has 0 fully saturated rings. The predicted octanol–water partition coefficient (Wildman–Crippen LogP) is 1.21. The molecule has 1 atom stereocenters. The molecule has 0 saturated heterocycles.